The third-order valence-corrected chi connectivity index (χ3v) is 3.27. The van der Waals surface area contributed by atoms with Gasteiger partial charge in [-0.2, -0.15) is 0 Å². The van der Waals surface area contributed by atoms with Crippen molar-refractivity contribution in [3.63, 3.8) is 0 Å². The van der Waals surface area contributed by atoms with Gasteiger partial charge in [0.2, 0.25) is 0 Å². The number of aromatic nitrogens is 1. The van der Waals surface area contributed by atoms with Crippen LogP contribution in [-0.4, -0.2) is 10.9 Å². The molecular formula is C16H12F2N2O. The van der Waals surface area contributed by atoms with Gasteiger partial charge in [0, 0.05) is 18.1 Å². The summed E-state index contributed by atoms with van der Waals surface area (Å²) in [5.74, 6) is -2.10. The highest BCUT2D eigenvalue weighted by molar-refractivity contribution is 6.05. The van der Waals surface area contributed by atoms with Gasteiger partial charge in [-0.3, -0.25) is 4.79 Å². The van der Waals surface area contributed by atoms with Gasteiger partial charge in [0.05, 0.1) is 11.1 Å². The van der Waals surface area contributed by atoms with Crippen LogP contribution in [0.3, 0.4) is 0 Å². The topological polar surface area (TPSA) is 44.9 Å². The number of aromatic amines is 1. The van der Waals surface area contributed by atoms with Crippen molar-refractivity contribution < 1.29 is 13.6 Å². The lowest BCUT2D eigenvalue weighted by molar-refractivity contribution is 0.0952. The lowest BCUT2D eigenvalue weighted by Crippen LogP contribution is -2.23. The minimum absolute atomic E-state index is 0.132. The number of halogens is 2. The van der Waals surface area contributed by atoms with Crippen molar-refractivity contribution in [2.45, 2.75) is 6.54 Å². The van der Waals surface area contributed by atoms with Crippen molar-refractivity contribution in [2.24, 2.45) is 0 Å². The van der Waals surface area contributed by atoms with Crippen molar-refractivity contribution in [1.29, 1.82) is 0 Å². The summed E-state index contributed by atoms with van der Waals surface area (Å²) >= 11 is 0. The Morgan fingerprint density at radius 3 is 2.76 bits per heavy atom. The number of nitrogens with one attached hydrogen (secondary N) is 2. The van der Waals surface area contributed by atoms with Gasteiger partial charge in [-0.05, 0) is 29.8 Å². The minimum atomic E-state index is -0.923. The number of rotatable bonds is 3. The molecular weight excluding hydrogens is 274 g/mol. The molecule has 0 aliphatic carbocycles. The fourth-order valence-electron chi connectivity index (χ4n) is 2.20. The molecule has 2 aromatic carbocycles. The van der Waals surface area contributed by atoms with Crippen LogP contribution in [0.4, 0.5) is 8.78 Å². The Bertz CT molecular complexity index is 811. The summed E-state index contributed by atoms with van der Waals surface area (Å²) in [7, 11) is 0. The summed E-state index contributed by atoms with van der Waals surface area (Å²) in [4.78, 5) is 15.2. The summed E-state index contributed by atoms with van der Waals surface area (Å²) in [6.07, 6.45) is 1.76. The summed E-state index contributed by atoms with van der Waals surface area (Å²) in [5.41, 5.74) is 1.77. The van der Waals surface area contributed by atoms with E-state index in [9.17, 15) is 13.6 Å². The van der Waals surface area contributed by atoms with E-state index < -0.39 is 11.6 Å². The third-order valence-electron chi connectivity index (χ3n) is 3.27. The average molecular weight is 286 g/mol. The number of para-hydroxylation sites is 1. The average Bonchev–Trinajstić information content (AvgIpc) is 2.96. The van der Waals surface area contributed by atoms with E-state index in [0.29, 0.717) is 11.1 Å². The first-order chi connectivity index (χ1) is 10.1. The maximum Gasteiger partial charge on any atom is 0.253 e. The normalized spacial score (nSPS) is 10.8. The van der Waals surface area contributed by atoms with E-state index in [1.54, 1.807) is 18.3 Å². The number of benzene rings is 2. The molecule has 3 rings (SSSR count). The molecule has 3 nitrogen and oxygen atoms in total. The second-order valence-electron chi connectivity index (χ2n) is 4.68. The summed E-state index contributed by atoms with van der Waals surface area (Å²) < 4.78 is 25.9. The van der Waals surface area contributed by atoms with Gasteiger partial charge < -0.3 is 10.3 Å². The summed E-state index contributed by atoms with van der Waals surface area (Å²) in [5, 5.41) is 3.64. The van der Waals surface area contributed by atoms with Gasteiger partial charge in [0.25, 0.3) is 5.91 Å². The molecule has 0 bridgehead atoms. The summed E-state index contributed by atoms with van der Waals surface area (Å²) in [6, 6.07) is 10.8. The molecule has 1 aromatic heterocycles. The van der Waals surface area contributed by atoms with Gasteiger partial charge >= 0.3 is 0 Å². The minimum Gasteiger partial charge on any atom is -0.361 e. The molecule has 0 aliphatic heterocycles. The van der Waals surface area contributed by atoms with Crippen LogP contribution in [0.2, 0.25) is 0 Å². The first-order valence-corrected chi connectivity index (χ1v) is 6.43. The first kappa shape index (κ1) is 13.3. The molecule has 1 amide bonds. The van der Waals surface area contributed by atoms with Crippen molar-refractivity contribution in [3.05, 3.63) is 71.4 Å². The molecule has 1 heterocycles. The first-order valence-electron chi connectivity index (χ1n) is 6.43. The molecule has 0 saturated carbocycles. The Labute approximate surface area is 119 Å². The summed E-state index contributed by atoms with van der Waals surface area (Å²) in [6.45, 7) is 0.132. The smallest absolute Gasteiger partial charge is 0.253 e. The second-order valence-corrected chi connectivity index (χ2v) is 4.68. The van der Waals surface area contributed by atoms with E-state index in [1.807, 2.05) is 12.1 Å². The van der Waals surface area contributed by atoms with Gasteiger partial charge in [0.1, 0.15) is 0 Å². The van der Waals surface area contributed by atoms with Crippen molar-refractivity contribution in [1.82, 2.24) is 10.3 Å². The standard InChI is InChI=1S/C16H12F2N2O/c17-13-5-4-10(8-14(13)18)9-20-16(21)12-3-1-2-11-6-7-19-15(11)12/h1-8,19H,9H2,(H,20,21). The highest BCUT2D eigenvalue weighted by atomic mass is 19.2. The number of amides is 1. The molecule has 0 radical (unpaired) electrons. The Hall–Kier alpha value is -2.69. The second kappa shape index (κ2) is 5.36. The zero-order chi connectivity index (χ0) is 14.8. The van der Waals surface area contributed by atoms with Crippen LogP contribution < -0.4 is 5.32 Å². The predicted molar refractivity (Wildman–Crippen MR) is 75.8 cm³/mol. The molecule has 0 saturated heterocycles. The van der Waals surface area contributed by atoms with E-state index in [0.717, 1.165) is 23.0 Å². The number of carbonyl (C=O) groups excluding carboxylic acids is 1. The van der Waals surface area contributed by atoms with Crippen molar-refractivity contribution in [2.75, 3.05) is 0 Å². The zero-order valence-corrected chi connectivity index (χ0v) is 11.0. The number of H-pyrrole nitrogens is 1. The lowest BCUT2D eigenvalue weighted by atomic mass is 10.1. The maximum atomic E-state index is 13.1. The SMILES string of the molecule is O=C(NCc1ccc(F)c(F)c1)c1cccc2cc[nH]c12. The molecule has 106 valence electrons. The quantitative estimate of drug-likeness (QED) is 0.761. The molecule has 0 atom stereocenters. The van der Waals surface area contributed by atoms with Crippen LogP contribution in [0.1, 0.15) is 15.9 Å². The Morgan fingerprint density at radius 2 is 1.95 bits per heavy atom. The van der Waals surface area contributed by atoms with Gasteiger partial charge in [-0.15, -0.1) is 0 Å². The van der Waals surface area contributed by atoms with Crippen molar-refractivity contribution in [3.8, 4) is 0 Å². The molecule has 0 spiro atoms. The largest absolute Gasteiger partial charge is 0.361 e. The van der Waals surface area contributed by atoms with Crippen LogP contribution in [0.25, 0.3) is 10.9 Å². The fourth-order valence-corrected chi connectivity index (χ4v) is 2.20. The van der Waals surface area contributed by atoms with Gasteiger partial charge in [-0.25, -0.2) is 8.78 Å². The van der Waals surface area contributed by atoms with Gasteiger partial charge in [-0.1, -0.05) is 18.2 Å². The molecule has 5 heteroatoms. The maximum absolute atomic E-state index is 13.1. The van der Waals surface area contributed by atoms with Crippen LogP contribution >= 0.6 is 0 Å². The zero-order valence-electron chi connectivity index (χ0n) is 11.0. The molecule has 0 unspecified atom stereocenters. The fraction of sp³-hybridized carbons (Fsp3) is 0.0625. The van der Waals surface area contributed by atoms with E-state index in [4.69, 9.17) is 0 Å². The van der Waals surface area contributed by atoms with Crippen LogP contribution in [0, 0.1) is 11.6 Å². The predicted octanol–water partition coefficient (Wildman–Crippen LogP) is 3.38. The van der Waals surface area contributed by atoms with Crippen LogP contribution in [0.5, 0.6) is 0 Å². The molecule has 0 aliphatic rings. The number of hydrogen-bond donors (Lipinski definition) is 2. The van der Waals surface area contributed by atoms with E-state index >= 15 is 0 Å². The number of hydrogen-bond acceptors (Lipinski definition) is 1. The monoisotopic (exact) mass is 286 g/mol. The number of fused-ring (bicyclic) bond motifs is 1. The van der Waals surface area contributed by atoms with Crippen LogP contribution in [-0.2, 0) is 6.54 Å². The highest BCUT2D eigenvalue weighted by Crippen LogP contribution is 2.17. The Kier molecular flexibility index (Phi) is 3.39. The van der Waals surface area contributed by atoms with E-state index in [-0.39, 0.29) is 12.5 Å². The molecule has 2 N–H and O–H groups in total. The third kappa shape index (κ3) is 2.63. The lowest BCUT2D eigenvalue weighted by Gasteiger charge is -2.07. The van der Waals surface area contributed by atoms with E-state index in [1.165, 1.54) is 6.07 Å². The van der Waals surface area contributed by atoms with Crippen LogP contribution in [0.15, 0.2) is 48.7 Å². The molecule has 3 aromatic rings. The molecule has 21 heavy (non-hydrogen) atoms. The Balaban J connectivity index is 1.77. The number of carbonyl (C=O) groups is 1. The van der Waals surface area contributed by atoms with Gasteiger partial charge in [0.15, 0.2) is 11.6 Å². The van der Waals surface area contributed by atoms with E-state index in [2.05, 4.69) is 10.3 Å². The van der Waals surface area contributed by atoms with Crippen molar-refractivity contribution >= 4 is 16.8 Å². The highest BCUT2D eigenvalue weighted by Gasteiger charge is 2.10. The Morgan fingerprint density at radius 1 is 1.10 bits per heavy atom. The molecule has 0 fully saturated rings.